The number of rotatable bonds is 2. The van der Waals surface area contributed by atoms with Crippen LogP contribution in [0.25, 0.3) is 0 Å². The van der Waals surface area contributed by atoms with E-state index in [-0.39, 0.29) is 5.88 Å². The average Bonchev–Trinajstić information content (AvgIpc) is 2.11. The smallest absolute Gasteiger partial charge is 0.115 e. The molecule has 0 spiro atoms. The zero-order valence-corrected chi connectivity index (χ0v) is 8.73. The molecule has 0 aliphatic heterocycles. The van der Waals surface area contributed by atoms with E-state index in [1.54, 1.807) is 6.07 Å². The Hall–Kier alpha value is -0.730. The van der Waals surface area contributed by atoms with E-state index in [1.807, 2.05) is 19.1 Å². The van der Waals surface area contributed by atoms with E-state index in [9.17, 15) is 0 Å². The first-order valence-corrected chi connectivity index (χ1v) is 4.70. The summed E-state index contributed by atoms with van der Waals surface area (Å²) >= 11 is 11.3. The van der Waals surface area contributed by atoms with Crippen molar-refractivity contribution < 1.29 is 0 Å². The Morgan fingerprint density at radius 1 is 1.54 bits per heavy atom. The topological polar surface area (TPSA) is 38.4 Å². The van der Waals surface area contributed by atoms with Gasteiger partial charge in [0.2, 0.25) is 0 Å². The van der Waals surface area contributed by atoms with E-state index in [1.165, 1.54) is 0 Å². The molecule has 0 radical (unpaired) electrons. The minimum atomic E-state index is 0.228. The number of halogens is 2. The van der Waals surface area contributed by atoms with Gasteiger partial charge in [0.1, 0.15) is 5.84 Å². The monoisotopic (exact) mass is 216 g/mol. The number of hydrogen-bond acceptors (Lipinski definition) is 1. The number of aliphatic imine (C=N–C) groups is 1. The Morgan fingerprint density at radius 2 is 2.23 bits per heavy atom. The SMILES string of the molecule is Cc1ccc(Cl)cc1N=C(N)CCl. The van der Waals surface area contributed by atoms with Crippen molar-refractivity contribution in [3.8, 4) is 0 Å². The van der Waals surface area contributed by atoms with E-state index in [2.05, 4.69) is 4.99 Å². The summed E-state index contributed by atoms with van der Waals surface area (Å²) in [4.78, 5) is 4.12. The molecule has 0 amide bonds. The summed E-state index contributed by atoms with van der Waals surface area (Å²) < 4.78 is 0. The molecule has 0 aliphatic rings. The number of aryl methyl sites for hydroxylation is 1. The van der Waals surface area contributed by atoms with Crippen molar-refractivity contribution in [1.82, 2.24) is 0 Å². The Bertz CT molecular complexity index is 334. The van der Waals surface area contributed by atoms with Crippen LogP contribution in [0.15, 0.2) is 23.2 Å². The number of nitrogens with zero attached hydrogens (tertiary/aromatic N) is 1. The minimum absolute atomic E-state index is 0.228. The molecule has 0 saturated carbocycles. The first kappa shape index (κ1) is 10.4. The zero-order chi connectivity index (χ0) is 9.84. The van der Waals surface area contributed by atoms with Crippen LogP contribution in [-0.2, 0) is 0 Å². The summed E-state index contributed by atoms with van der Waals surface area (Å²) in [7, 11) is 0. The van der Waals surface area contributed by atoms with Gasteiger partial charge in [0.25, 0.3) is 0 Å². The van der Waals surface area contributed by atoms with E-state index in [0.717, 1.165) is 11.3 Å². The predicted molar refractivity (Wildman–Crippen MR) is 58.2 cm³/mol. The number of hydrogen-bond donors (Lipinski definition) is 1. The molecule has 0 atom stereocenters. The summed E-state index contributed by atoms with van der Waals surface area (Å²) in [5, 5.41) is 0.645. The second-order valence-electron chi connectivity index (χ2n) is 2.67. The van der Waals surface area contributed by atoms with Gasteiger partial charge in [-0.15, -0.1) is 11.6 Å². The van der Waals surface area contributed by atoms with Crippen LogP contribution >= 0.6 is 23.2 Å². The van der Waals surface area contributed by atoms with Crippen LogP contribution in [0.1, 0.15) is 5.56 Å². The van der Waals surface area contributed by atoms with Gasteiger partial charge in [0.15, 0.2) is 0 Å². The van der Waals surface area contributed by atoms with Crippen molar-refractivity contribution >= 4 is 34.7 Å². The third-order valence-corrected chi connectivity index (χ3v) is 2.08. The van der Waals surface area contributed by atoms with Crippen molar-refractivity contribution in [2.45, 2.75) is 6.92 Å². The number of benzene rings is 1. The van der Waals surface area contributed by atoms with E-state index in [0.29, 0.717) is 10.9 Å². The maximum absolute atomic E-state index is 5.80. The third kappa shape index (κ3) is 2.90. The maximum atomic E-state index is 5.80. The van der Waals surface area contributed by atoms with E-state index < -0.39 is 0 Å². The molecule has 0 aliphatic carbocycles. The Kier molecular flexibility index (Phi) is 3.58. The number of alkyl halides is 1. The Morgan fingerprint density at radius 3 is 2.85 bits per heavy atom. The van der Waals surface area contributed by atoms with Crippen LogP contribution in [0.5, 0.6) is 0 Å². The van der Waals surface area contributed by atoms with Crippen molar-refractivity contribution in [3.05, 3.63) is 28.8 Å². The molecule has 2 nitrogen and oxygen atoms in total. The molecular formula is C9H10Cl2N2. The molecule has 2 N–H and O–H groups in total. The standard InChI is InChI=1S/C9H10Cl2N2/c1-6-2-3-7(11)4-8(6)13-9(12)5-10/h2-4H,5H2,1H3,(H2,12,13). The Labute approximate surface area is 87.4 Å². The average molecular weight is 217 g/mol. The van der Waals surface area contributed by atoms with E-state index >= 15 is 0 Å². The molecule has 0 heterocycles. The van der Waals surface area contributed by atoms with Gasteiger partial charge in [0.05, 0.1) is 11.6 Å². The fourth-order valence-corrected chi connectivity index (χ4v) is 1.11. The summed E-state index contributed by atoms with van der Waals surface area (Å²) in [5.74, 6) is 0.624. The summed E-state index contributed by atoms with van der Waals surface area (Å²) in [5.41, 5.74) is 7.29. The van der Waals surface area contributed by atoms with Crippen LogP contribution in [0, 0.1) is 6.92 Å². The quantitative estimate of drug-likeness (QED) is 0.461. The van der Waals surface area contributed by atoms with Gasteiger partial charge in [-0.05, 0) is 24.6 Å². The van der Waals surface area contributed by atoms with Crippen LogP contribution < -0.4 is 5.73 Å². The third-order valence-electron chi connectivity index (χ3n) is 1.57. The van der Waals surface area contributed by atoms with Crippen molar-refractivity contribution in [3.63, 3.8) is 0 Å². The first-order chi connectivity index (χ1) is 6.13. The van der Waals surface area contributed by atoms with Gasteiger partial charge in [0, 0.05) is 5.02 Å². The molecule has 70 valence electrons. The van der Waals surface area contributed by atoms with E-state index in [4.69, 9.17) is 28.9 Å². The molecule has 1 aromatic carbocycles. The normalized spacial score (nSPS) is 11.8. The molecule has 0 aromatic heterocycles. The molecule has 0 fully saturated rings. The molecule has 0 bridgehead atoms. The van der Waals surface area contributed by atoms with Gasteiger partial charge < -0.3 is 5.73 Å². The highest BCUT2D eigenvalue weighted by Crippen LogP contribution is 2.22. The predicted octanol–water partition coefficient (Wildman–Crippen LogP) is 2.88. The van der Waals surface area contributed by atoms with Crippen LogP contribution in [0.3, 0.4) is 0 Å². The van der Waals surface area contributed by atoms with Crippen molar-refractivity contribution in [1.29, 1.82) is 0 Å². The zero-order valence-electron chi connectivity index (χ0n) is 7.22. The highest BCUT2D eigenvalue weighted by molar-refractivity contribution is 6.31. The van der Waals surface area contributed by atoms with Gasteiger partial charge in [-0.2, -0.15) is 0 Å². The van der Waals surface area contributed by atoms with Gasteiger partial charge in [-0.25, -0.2) is 4.99 Å². The molecule has 1 aromatic rings. The number of amidine groups is 1. The fraction of sp³-hybridized carbons (Fsp3) is 0.222. The molecule has 0 saturated heterocycles. The fourth-order valence-electron chi connectivity index (χ4n) is 0.888. The summed E-state index contributed by atoms with van der Waals surface area (Å²) in [6.45, 7) is 1.94. The highest BCUT2D eigenvalue weighted by Gasteiger charge is 1.98. The molecule has 1 rings (SSSR count). The summed E-state index contributed by atoms with van der Waals surface area (Å²) in [6, 6.07) is 5.46. The second kappa shape index (κ2) is 4.49. The van der Waals surface area contributed by atoms with Crippen molar-refractivity contribution in [2.24, 2.45) is 10.7 Å². The van der Waals surface area contributed by atoms with Crippen molar-refractivity contribution in [2.75, 3.05) is 5.88 Å². The van der Waals surface area contributed by atoms with Crippen LogP contribution in [-0.4, -0.2) is 11.7 Å². The van der Waals surface area contributed by atoms with Gasteiger partial charge in [-0.3, -0.25) is 0 Å². The van der Waals surface area contributed by atoms with Crippen LogP contribution in [0.4, 0.5) is 5.69 Å². The largest absolute Gasteiger partial charge is 0.386 e. The molecule has 0 unspecified atom stereocenters. The lowest BCUT2D eigenvalue weighted by Gasteiger charge is -2.01. The Balaban J connectivity index is 3.07. The lowest BCUT2D eigenvalue weighted by atomic mass is 10.2. The first-order valence-electron chi connectivity index (χ1n) is 3.78. The van der Waals surface area contributed by atoms with Gasteiger partial charge in [-0.1, -0.05) is 17.7 Å². The van der Waals surface area contributed by atoms with Crippen LogP contribution in [0.2, 0.25) is 5.02 Å². The number of nitrogens with two attached hydrogens (primary N) is 1. The maximum Gasteiger partial charge on any atom is 0.115 e. The minimum Gasteiger partial charge on any atom is -0.386 e. The lowest BCUT2D eigenvalue weighted by Crippen LogP contribution is -2.12. The van der Waals surface area contributed by atoms with Gasteiger partial charge >= 0.3 is 0 Å². The molecule has 13 heavy (non-hydrogen) atoms. The highest BCUT2D eigenvalue weighted by atomic mass is 35.5. The molecule has 4 heteroatoms. The lowest BCUT2D eigenvalue weighted by molar-refractivity contribution is 1.37. The molecular weight excluding hydrogens is 207 g/mol. The second-order valence-corrected chi connectivity index (χ2v) is 3.37. The summed E-state index contributed by atoms with van der Waals surface area (Å²) in [6.07, 6.45) is 0.